The van der Waals surface area contributed by atoms with Crippen LogP contribution in [0, 0.1) is 12.8 Å². The van der Waals surface area contributed by atoms with Crippen molar-refractivity contribution in [1.82, 2.24) is 15.2 Å². The van der Waals surface area contributed by atoms with Gasteiger partial charge in [0.25, 0.3) is 0 Å². The fourth-order valence-electron chi connectivity index (χ4n) is 3.38. The molecule has 3 rings (SSSR count). The minimum atomic E-state index is 0.800. The zero-order valence-electron chi connectivity index (χ0n) is 13.1. The van der Waals surface area contributed by atoms with Gasteiger partial charge < -0.3 is 5.32 Å². The van der Waals surface area contributed by atoms with Crippen LogP contribution in [0.4, 0.5) is 0 Å². The molecule has 3 nitrogen and oxygen atoms in total. The van der Waals surface area contributed by atoms with E-state index in [1.165, 1.54) is 36.9 Å². The van der Waals surface area contributed by atoms with Gasteiger partial charge in [0.1, 0.15) is 0 Å². The molecule has 2 aromatic rings. The lowest BCUT2D eigenvalue weighted by Gasteiger charge is -2.32. The number of fused-ring (bicyclic) bond motifs is 1. The van der Waals surface area contributed by atoms with E-state index >= 15 is 0 Å². The summed E-state index contributed by atoms with van der Waals surface area (Å²) in [5.41, 5.74) is 3.59. The number of aromatic nitrogens is 1. The molecule has 1 aromatic heterocycles. The second-order valence-corrected chi connectivity index (χ2v) is 6.28. The van der Waals surface area contributed by atoms with Crippen LogP contribution in [0.25, 0.3) is 10.9 Å². The van der Waals surface area contributed by atoms with E-state index in [0.29, 0.717) is 0 Å². The van der Waals surface area contributed by atoms with E-state index in [-0.39, 0.29) is 0 Å². The first-order valence-corrected chi connectivity index (χ1v) is 7.98. The smallest absolute Gasteiger partial charge is 0.0705 e. The Morgan fingerprint density at radius 2 is 2.19 bits per heavy atom. The normalized spacial score (nSPS) is 20.0. The minimum absolute atomic E-state index is 0.800. The Bertz CT molecular complexity index is 606. The lowest BCUT2D eigenvalue weighted by Crippen LogP contribution is -2.38. The summed E-state index contributed by atoms with van der Waals surface area (Å²) in [6.45, 7) is 6.68. The average molecular weight is 283 g/mol. The number of benzene rings is 1. The fourth-order valence-corrected chi connectivity index (χ4v) is 3.38. The number of likely N-dealkylation sites (tertiary alicyclic amines) is 1. The SMILES string of the molecule is CNCC1CCCN(Cc2ccc3nc(C)ccc3c2)C1. The van der Waals surface area contributed by atoms with Crippen molar-refractivity contribution >= 4 is 10.9 Å². The van der Waals surface area contributed by atoms with Crippen LogP contribution in [-0.2, 0) is 6.54 Å². The van der Waals surface area contributed by atoms with E-state index in [1.54, 1.807) is 0 Å². The average Bonchev–Trinajstić information content (AvgIpc) is 2.48. The summed E-state index contributed by atoms with van der Waals surface area (Å²) < 4.78 is 0. The largest absolute Gasteiger partial charge is 0.319 e. The van der Waals surface area contributed by atoms with Crippen molar-refractivity contribution in [3.8, 4) is 0 Å². The standard InChI is InChI=1S/C18H25N3/c1-14-5-7-17-10-15(6-8-18(17)20-14)12-21-9-3-4-16(13-21)11-19-2/h5-8,10,16,19H,3-4,9,11-13H2,1-2H3. The van der Waals surface area contributed by atoms with Gasteiger partial charge in [0.2, 0.25) is 0 Å². The molecule has 0 amide bonds. The number of nitrogens with one attached hydrogen (secondary N) is 1. The molecule has 0 aliphatic carbocycles. The highest BCUT2D eigenvalue weighted by atomic mass is 15.1. The highest BCUT2D eigenvalue weighted by Gasteiger charge is 2.19. The number of rotatable bonds is 4. The molecule has 0 radical (unpaired) electrons. The molecule has 1 aliphatic rings. The topological polar surface area (TPSA) is 28.2 Å². The molecule has 1 N–H and O–H groups in total. The summed E-state index contributed by atoms with van der Waals surface area (Å²) in [5, 5.41) is 4.57. The van der Waals surface area contributed by atoms with E-state index in [0.717, 1.165) is 30.2 Å². The van der Waals surface area contributed by atoms with Crippen LogP contribution in [-0.4, -0.2) is 36.6 Å². The molecule has 0 spiro atoms. The monoisotopic (exact) mass is 283 g/mol. The van der Waals surface area contributed by atoms with E-state index in [2.05, 4.69) is 52.6 Å². The first kappa shape index (κ1) is 14.5. The van der Waals surface area contributed by atoms with E-state index in [4.69, 9.17) is 0 Å². The van der Waals surface area contributed by atoms with Gasteiger partial charge in [-0.25, -0.2) is 0 Å². The molecule has 3 heteroatoms. The molecule has 21 heavy (non-hydrogen) atoms. The van der Waals surface area contributed by atoms with Crippen molar-refractivity contribution in [2.75, 3.05) is 26.7 Å². The van der Waals surface area contributed by atoms with Gasteiger partial charge >= 0.3 is 0 Å². The Hall–Kier alpha value is -1.45. The van der Waals surface area contributed by atoms with Gasteiger partial charge in [0, 0.05) is 24.2 Å². The predicted molar refractivity (Wildman–Crippen MR) is 88.4 cm³/mol. The Balaban J connectivity index is 1.71. The lowest BCUT2D eigenvalue weighted by atomic mass is 9.97. The Kier molecular flexibility index (Phi) is 4.51. The number of piperidine rings is 1. The third-order valence-corrected chi connectivity index (χ3v) is 4.39. The zero-order chi connectivity index (χ0) is 14.7. The molecule has 2 heterocycles. The molecular formula is C18H25N3. The van der Waals surface area contributed by atoms with Crippen LogP contribution < -0.4 is 5.32 Å². The van der Waals surface area contributed by atoms with Crippen molar-refractivity contribution in [2.45, 2.75) is 26.3 Å². The molecule has 1 aromatic carbocycles. The number of pyridine rings is 1. The van der Waals surface area contributed by atoms with Gasteiger partial charge in [-0.3, -0.25) is 9.88 Å². The fraction of sp³-hybridized carbons (Fsp3) is 0.500. The maximum Gasteiger partial charge on any atom is 0.0705 e. The number of hydrogen-bond acceptors (Lipinski definition) is 3. The van der Waals surface area contributed by atoms with E-state index in [9.17, 15) is 0 Å². The summed E-state index contributed by atoms with van der Waals surface area (Å²) in [7, 11) is 2.05. The molecule has 112 valence electrons. The van der Waals surface area contributed by atoms with Crippen molar-refractivity contribution in [3.63, 3.8) is 0 Å². The minimum Gasteiger partial charge on any atom is -0.319 e. The zero-order valence-corrected chi connectivity index (χ0v) is 13.1. The predicted octanol–water partition coefficient (Wildman–Crippen LogP) is 2.97. The molecule has 0 bridgehead atoms. The van der Waals surface area contributed by atoms with E-state index < -0.39 is 0 Å². The van der Waals surface area contributed by atoms with Crippen molar-refractivity contribution < 1.29 is 0 Å². The molecule has 1 aliphatic heterocycles. The number of hydrogen-bond donors (Lipinski definition) is 1. The van der Waals surface area contributed by atoms with Crippen LogP contribution in [0.2, 0.25) is 0 Å². The molecule has 1 unspecified atom stereocenters. The third-order valence-electron chi connectivity index (χ3n) is 4.39. The van der Waals surface area contributed by atoms with Crippen LogP contribution in [0.15, 0.2) is 30.3 Å². The maximum atomic E-state index is 4.58. The Morgan fingerprint density at radius 3 is 3.05 bits per heavy atom. The lowest BCUT2D eigenvalue weighted by molar-refractivity contribution is 0.167. The summed E-state index contributed by atoms with van der Waals surface area (Å²) in [4.78, 5) is 7.17. The first-order chi connectivity index (χ1) is 10.2. The number of nitrogens with zero attached hydrogens (tertiary/aromatic N) is 2. The van der Waals surface area contributed by atoms with Gasteiger partial charge in [0.15, 0.2) is 0 Å². The third kappa shape index (κ3) is 3.60. The molecule has 1 atom stereocenters. The molecule has 1 saturated heterocycles. The Morgan fingerprint density at radius 1 is 1.29 bits per heavy atom. The second kappa shape index (κ2) is 6.54. The van der Waals surface area contributed by atoms with E-state index in [1.807, 2.05) is 6.92 Å². The maximum absolute atomic E-state index is 4.58. The Labute approximate surface area is 127 Å². The van der Waals surface area contributed by atoms with Gasteiger partial charge in [-0.05, 0) is 69.6 Å². The van der Waals surface area contributed by atoms with Crippen molar-refractivity contribution in [3.05, 3.63) is 41.6 Å². The van der Waals surface area contributed by atoms with Gasteiger partial charge in [-0.1, -0.05) is 12.1 Å². The molecule has 1 fully saturated rings. The van der Waals surface area contributed by atoms with Crippen LogP contribution in [0.1, 0.15) is 24.1 Å². The summed E-state index contributed by atoms with van der Waals surface area (Å²) >= 11 is 0. The quantitative estimate of drug-likeness (QED) is 0.935. The van der Waals surface area contributed by atoms with Gasteiger partial charge in [0.05, 0.1) is 5.52 Å². The summed E-state index contributed by atoms with van der Waals surface area (Å²) in [6.07, 6.45) is 2.68. The molecule has 0 saturated carbocycles. The van der Waals surface area contributed by atoms with Crippen molar-refractivity contribution in [1.29, 1.82) is 0 Å². The van der Waals surface area contributed by atoms with Gasteiger partial charge in [-0.15, -0.1) is 0 Å². The van der Waals surface area contributed by atoms with Gasteiger partial charge in [-0.2, -0.15) is 0 Å². The first-order valence-electron chi connectivity index (χ1n) is 7.98. The van der Waals surface area contributed by atoms with Crippen LogP contribution in [0.5, 0.6) is 0 Å². The highest BCUT2D eigenvalue weighted by Crippen LogP contribution is 2.20. The van der Waals surface area contributed by atoms with Crippen LogP contribution >= 0.6 is 0 Å². The highest BCUT2D eigenvalue weighted by molar-refractivity contribution is 5.79. The second-order valence-electron chi connectivity index (χ2n) is 6.28. The molecular weight excluding hydrogens is 258 g/mol. The van der Waals surface area contributed by atoms with Crippen molar-refractivity contribution in [2.24, 2.45) is 5.92 Å². The summed E-state index contributed by atoms with van der Waals surface area (Å²) in [5.74, 6) is 0.800. The van der Waals surface area contributed by atoms with Crippen LogP contribution in [0.3, 0.4) is 0 Å². The number of aryl methyl sites for hydroxylation is 1. The summed E-state index contributed by atoms with van der Waals surface area (Å²) in [6, 6.07) is 11.0.